The Morgan fingerprint density at radius 1 is 1.00 bits per heavy atom. The van der Waals surface area contributed by atoms with Gasteiger partial charge in [0.15, 0.2) is 5.78 Å². The van der Waals surface area contributed by atoms with Crippen molar-refractivity contribution in [3.05, 3.63) is 71.3 Å². The fraction of sp³-hybridized carbons (Fsp3) is 0.407. The molecule has 4 rings (SSSR count). The third-order valence-corrected chi connectivity index (χ3v) is 6.29. The first-order valence-electron chi connectivity index (χ1n) is 12.0. The van der Waals surface area contributed by atoms with Crippen molar-refractivity contribution in [3.8, 4) is 5.75 Å². The summed E-state index contributed by atoms with van der Waals surface area (Å²) in [6.45, 7) is 8.76. The first-order valence-corrected chi connectivity index (χ1v) is 12.0. The predicted molar refractivity (Wildman–Crippen MR) is 131 cm³/mol. The van der Waals surface area contributed by atoms with E-state index in [0.29, 0.717) is 17.9 Å². The summed E-state index contributed by atoms with van der Waals surface area (Å²) in [6.07, 6.45) is 3.28. The molecule has 7 heteroatoms. The maximum Gasteiger partial charge on any atom is 0.266 e. The van der Waals surface area contributed by atoms with Crippen molar-refractivity contribution in [1.82, 2.24) is 9.80 Å². The number of nitrogens with zero attached hydrogens (tertiary/aromatic N) is 3. The van der Waals surface area contributed by atoms with Gasteiger partial charge in [0.1, 0.15) is 11.3 Å². The lowest BCUT2D eigenvalue weighted by Gasteiger charge is -2.34. The first kappa shape index (κ1) is 24.0. The van der Waals surface area contributed by atoms with E-state index in [1.165, 1.54) is 18.9 Å². The molecule has 1 aliphatic heterocycles. The first-order chi connectivity index (χ1) is 16.6. The molecule has 2 aromatic carbocycles. The summed E-state index contributed by atoms with van der Waals surface area (Å²) < 4.78 is 11.5. The van der Waals surface area contributed by atoms with Crippen LogP contribution in [0.3, 0.4) is 0 Å². The van der Waals surface area contributed by atoms with Gasteiger partial charge in [0.05, 0.1) is 12.2 Å². The third kappa shape index (κ3) is 6.46. The zero-order valence-electron chi connectivity index (χ0n) is 19.8. The maximum absolute atomic E-state index is 11.7. The largest absolute Gasteiger partial charge is 0.493 e. The van der Waals surface area contributed by atoms with Gasteiger partial charge in [-0.3, -0.25) is 9.69 Å². The molecule has 1 aromatic heterocycles. The van der Waals surface area contributed by atoms with E-state index in [-0.39, 0.29) is 16.9 Å². The zero-order valence-corrected chi connectivity index (χ0v) is 19.8. The van der Waals surface area contributed by atoms with Crippen molar-refractivity contribution in [1.29, 1.82) is 0 Å². The average Bonchev–Trinajstić information content (AvgIpc) is 2.86. The van der Waals surface area contributed by atoms with Gasteiger partial charge in [0.25, 0.3) is 5.55 Å². The highest BCUT2D eigenvalue weighted by Crippen LogP contribution is 2.21. The normalized spacial score (nSPS) is 15.6. The predicted octanol–water partition coefficient (Wildman–Crippen LogP) is 4.29. The monoisotopic (exact) mass is 463 g/mol. The number of hydrogen-bond acceptors (Lipinski definition) is 7. The van der Waals surface area contributed by atoms with Crippen LogP contribution in [0.5, 0.6) is 5.75 Å². The van der Waals surface area contributed by atoms with Crippen LogP contribution in [0.4, 0.5) is 0 Å². The molecule has 34 heavy (non-hydrogen) atoms. The smallest absolute Gasteiger partial charge is 0.266 e. The molecular formula is C27H33N3O4. The van der Waals surface area contributed by atoms with E-state index in [0.717, 1.165) is 57.5 Å². The number of benzene rings is 2. The van der Waals surface area contributed by atoms with E-state index in [9.17, 15) is 4.79 Å². The minimum atomic E-state index is -0.215. The summed E-state index contributed by atoms with van der Waals surface area (Å²) in [6, 6.07) is 17.8. The summed E-state index contributed by atoms with van der Waals surface area (Å²) in [4.78, 5) is 16.8. The summed E-state index contributed by atoms with van der Waals surface area (Å²) >= 11 is 0. The molecule has 1 aliphatic rings. The second-order valence-electron chi connectivity index (χ2n) is 8.83. The molecule has 0 aliphatic carbocycles. The van der Waals surface area contributed by atoms with Crippen LogP contribution in [0.25, 0.3) is 11.0 Å². The van der Waals surface area contributed by atoms with Crippen LogP contribution in [0.1, 0.15) is 42.1 Å². The van der Waals surface area contributed by atoms with Gasteiger partial charge in [-0.05, 0) is 61.6 Å². The fourth-order valence-corrected chi connectivity index (χ4v) is 4.33. The molecule has 1 saturated heterocycles. The molecule has 3 aromatic rings. The summed E-state index contributed by atoms with van der Waals surface area (Å²) in [5.41, 5.74) is 2.07. The van der Waals surface area contributed by atoms with Crippen LogP contribution < -0.4 is 10.3 Å². The van der Waals surface area contributed by atoms with Crippen molar-refractivity contribution in [2.45, 2.75) is 32.7 Å². The van der Waals surface area contributed by atoms with Gasteiger partial charge >= 0.3 is 0 Å². The summed E-state index contributed by atoms with van der Waals surface area (Å²) in [5.74, 6) is 0.484. The Morgan fingerprint density at radius 2 is 1.76 bits per heavy atom. The molecule has 0 unspecified atom stereocenters. The number of ketones is 1. The second-order valence-corrected chi connectivity index (χ2v) is 8.83. The molecule has 7 nitrogen and oxygen atoms in total. The number of unbranched alkanes of at least 4 members (excludes halogenated alkanes) is 2. The molecule has 0 atom stereocenters. The zero-order chi connectivity index (χ0) is 23.8. The number of rotatable bonds is 10. The van der Waals surface area contributed by atoms with Gasteiger partial charge in [0.2, 0.25) is 0 Å². The van der Waals surface area contributed by atoms with Crippen molar-refractivity contribution in [2.24, 2.45) is 5.16 Å². The number of piperazine rings is 1. The molecule has 0 amide bonds. The Morgan fingerprint density at radius 3 is 2.50 bits per heavy atom. The van der Waals surface area contributed by atoms with Gasteiger partial charge < -0.3 is 19.3 Å². The highest BCUT2D eigenvalue weighted by molar-refractivity contribution is 5.96. The van der Waals surface area contributed by atoms with Crippen molar-refractivity contribution >= 4 is 16.8 Å². The fourth-order valence-electron chi connectivity index (χ4n) is 4.33. The lowest BCUT2D eigenvalue weighted by Crippen LogP contribution is -2.46. The number of hydrogen-bond donors (Lipinski definition) is 1. The van der Waals surface area contributed by atoms with Gasteiger partial charge in [-0.1, -0.05) is 30.3 Å². The highest BCUT2D eigenvalue weighted by Gasteiger charge is 2.16. The molecule has 0 bridgehead atoms. The van der Waals surface area contributed by atoms with Gasteiger partial charge in [-0.2, -0.15) is 0 Å². The van der Waals surface area contributed by atoms with E-state index in [1.54, 1.807) is 12.1 Å². The van der Waals surface area contributed by atoms with Crippen LogP contribution in [0, 0.1) is 0 Å². The number of ether oxygens (including phenoxy) is 1. The van der Waals surface area contributed by atoms with Crippen molar-refractivity contribution in [3.63, 3.8) is 0 Å². The lowest BCUT2D eigenvalue weighted by atomic mass is 10.1. The number of fused-ring (bicyclic) bond motifs is 1. The SMILES string of the molecule is CC(=O)c1cc2ccc(OCCCCCN3CCN(Cc4ccccc4)CC3)cc2oc1=NO. The number of carbonyl (C=O) groups excluding carboxylic acids is 1. The Kier molecular flexibility index (Phi) is 8.33. The molecule has 0 spiro atoms. The quantitative estimate of drug-likeness (QED) is 0.209. The molecular weight excluding hydrogens is 430 g/mol. The Hall–Kier alpha value is -3.16. The van der Waals surface area contributed by atoms with Crippen LogP contribution in [0.2, 0.25) is 0 Å². The molecule has 2 heterocycles. The number of carbonyl (C=O) groups is 1. The van der Waals surface area contributed by atoms with Crippen molar-refractivity contribution < 1.29 is 19.2 Å². The van der Waals surface area contributed by atoms with E-state index < -0.39 is 0 Å². The van der Waals surface area contributed by atoms with E-state index >= 15 is 0 Å². The molecule has 0 radical (unpaired) electrons. The van der Waals surface area contributed by atoms with Crippen LogP contribution in [-0.2, 0) is 6.54 Å². The van der Waals surface area contributed by atoms with Crippen LogP contribution in [-0.4, -0.2) is 60.1 Å². The Labute approximate surface area is 200 Å². The lowest BCUT2D eigenvalue weighted by molar-refractivity contribution is 0.101. The molecule has 1 N–H and O–H groups in total. The molecule has 1 fully saturated rings. The Bertz CT molecular complexity index is 1150. The summed E-state index contributed by atoms with van der Waals surface area (Å²) in [5, 5.41) is 13.0. The van der Waals surface area contributed by atoms with Gasteiger partial charge in [-0.25, -0.2) is 0 Å². The standard InChI is InChI=1S/C27H33N3O4/c1-21(31)25-18-23-10-11-24(19-26(23)34-27(25)28-32)33-17-7-3-6-12-29-13-15-30(16-14-29)20-22-8-4-2-5-9-22/h2,4-5,8-11,18-19,32H,3,6-7,12-17,20H2,1H3. The van der Waals surface area contributed by atoms with Crippen LogP contribution in [0.15, 0.2) is 64.2 Å². The summed E-state index contributed by atoms with van der Waals surface area (Å²) in [7, 11) is 0. The van der Waals surface area contributed by atoms with E-state index in [4.69, 9.17) is 14.4 Å². The topological polar surface area (TPSA) is 78.5 Å². The van der Waals surface area contributed by atoms with Gasteiger partial charge in [0, 0.05) is 44.2 Å². The molecule has 0 saturated carbocycles. The van der Waals surface area contributed by atoms with Crippen LogP contribution >= 0.6 is 0 Å². The van der Waals surface area contributed by atoms with E-state index in [2.05, 4.69) is 45.3 Å². The van der Waals surface area contributed by atoms with Crippen molar-refractivity contribution in [2.75, 3.05) is 39.3 Å². The minimum absolute atomic E-state index is 0.0851. The van der Waals surface area contributed by atoms with Gasteiger partial charge in [-0.15, -0.1) is 0 Å². The minimum Gasteiger partial charge on any atom is -0.493 e. The highest BCUT2D eigenvalue weighted by atomic mass is 16.5. The van der Waals surface area contributed by atoms with E-state index in [1.807, 2.05) is 12.1 Å². The third-order valence-electron chi connectivity index (χ3n) is 6.29. The average molecular weight is 464 g/mol. The Balaban J connectivity index is 1.15. The number of Topliss-reactive ketones (excluding diaryl/α,β-unsaturated/α-hetero) is 1. The maximum atomic E-state index is 11.7. The molecule has 180 valence electrons. The second kappa shape index (κ2) is 11.8.